The lowest BCUT2D eigenvalue weighted by molar-refractivity contribution is 0.634. The Morgan fingerprint density at radius 1 is 1.47 bits per heavy atom. The monoisotopic (exact) mass is 249 g/mol. The van der Waals surface area contributed by atoms with Gasteiger partial charge in [0.05, 0.1) is 0 Å². The molecule has 0 amide bonds. The molecule has 17 heavy (non-hydrogen) atoms. The van der Waals surface area contributed by atoms with E-state index in [9.17, 15) is 0 Å². The Hall–Kier alpha value is -1.13. The standard InChI is InChI=1S/C13H19N3S/c1-4-16-6-5-15-13(16)8-11(14)12-7-9(2)10(3)17-12/h5-7,11H,4,8,14H2,1-3H3. The topological polar surface area (TPSA) is 43.8 Å². The van der Waals surface area contributed by atoms with Crippen LogP contribution < -0.4 is 5.73 Å². The summed E-state index contributed by atoms with van der Waals surface area (Å²) in [5.74, 6) is 1.07. The van der Waals surface area contributed by atoms with Crippen LogP contribution in [-0.4, -0.2) is 9.55 Å². The van der Waals surface area contributed by atoms with E-state index in [1.807, 2.05) is 12.4 Å². The van der Waals surface area contributed by atoms with Gasteiger partial charge in [0.15, 0.2) is 0 Å². The van der Waals surface area contributed by atoms with Crippen LogP contribution in [0.3, 0.4) is 0 Å². The zero-order chi connectivity index (χ0) is 12.4. The van der Waals surface area contributed by atoms with Crippen molar-refractivity contribution in [2.24, 2.45) is 5.73 Å². The largest absolute Gasteiger partial charge is 0.335 e. The maximum atomic E-state index is 6.25. The van der Waals surface area contributed by atoms with Crippen LogP contribution in [0.4, 0.5) is 0 Å². The molecule has 0 aliphatic heterocycles. The van der Waals surface area contributed by atoms with Crippen molar-refractivity contribution >= 4 is 11.3 Å². The van der Waals surface area contributed by atoms with Crippen LogP contribution >= 0.6 is 11.3 Å². The van der Waals surface area contributed by atoms with Gasteiger partial charge < -0.3 is 10.3 Å². The molecule has 2 heterocycles. The van der Waals surface area contributed by atoms with Crippen LogP contribution in [0.15, 0.2) is 18.5 Å². The van der Waals surface area contributed by atoms with Gasteiger partial charge in [0, 0.05) is 41.2 Å². The summed E-state index contributed by atoms with van der Waals surface area (Å²) in [4.78, 5) is 6.98. The molecule has 0 radical (unpaired) electrons. The quantitative estimate of drug-likeness (QED) is 0.905. The number of thiophene rings is 1. The van der Waals surface area contributed by atoms with Gasteiger partial charge in [-0.2, -0.15) is 0 Å². The SMILES string of the molecule is CCn1ccnc1CC(N)c1cc(C)c(C)s1. The first-order valence-corrected chi connectivity index (χ1v) is 6.76. The fraction of sp³-hybridized carbons (Fsp3) is 0.462. The fourth-order valence-corrected chi connectivity index (χ4v) is 2.94. The van der Waals surface area contributed by atoms with Gasteiger partial charge in [-0.1, -0.05) is 0 Å². The molecule has 4 heteroatoms. The fourth-order valence-electron chi connectivity index (χ4n) is 1.90. The van der Waals surface area contributed by atoms with Gasteiger partial charge in [0.1, 0.15) is 5.82 Å². The molecule has 3 nitrogen and oxygen atoms in total. The van der Waals surface area contributed by atoms with Gasteiger partial charge in [0.2, 0.25) is 0 Å². The summed E-state index contributed by atoms with van der Waals surface area (Å²) in [5.41, 5.74) is 7.58. The molecule has 0 spiro atoms. The predicted octanol–water partition coefficient (Wildman–Crippen LogP) is 2.82. The van der Waals surface area contributed by atoms with Crippen LogP contribution in [0, 0.1) is 13.8 Å². The molecule has 2 rings (SSSR count). The van der Waals surface area contributed by atoms with Crippen molar-refractivity contribution in [3.8, 4) is 0 Å². The second-order valence-corrected chi connectivity index (χ2v) is 5.62. The second kappa shape index (κ2) is 5.02. The molecule has 1 atom stereocenters. The minimum absolute atomic E-state index is 0.0556. The molecule has 0 aliphatic carbocycles. The summed E-state index contributed by atoms with van der Waals surface area (Å²) >= 11 is 1.80. The first kappa shape index (κ1) is 12.3. The number of nitrogens with zero attached hydrogens (tertiary/aromatic N) is 2. The van der Waals surface area contributed by atoms with Crippen LogP contribution in [0.2, 0.25) is 0 Å². The van der Waals surface area contributed by atoms with Crippen molar-refractivity contribution in [1.29, 1.82) is 0 Å². The Kier molecular flexibility index (Phi) is 3.64. The number of hydrogen-bond acceptors (Lipinski definition) is 3. The van der Waals surface area contributed by atoms with E-state index in [4.69, 9.17) is 5.73 Å². The summed E-state index contributed by atoms with van der Waals surface area (Å²) in [6.45, 7) is 7.35. The molecular weight excluding hydrogens is 230 g/mol. The Bertz CT molecular complexity index is 479. The Morgan fingerprint density at radius 3 is 2.82 bits per heavy atom. The summed E-state index contributed by atoms with van der Waals surface area (Å²) in [6.07, 6.45) is 4.66. The number of aromatic nitrogens is 2. The molecule has 0 aromatic carbocycles. The highest BCUT2D eigenvalue weighted by Gasteiger charge is 2.13. The van der Waals surface area contributed by atoms with Crippen molar-refractivity contribution in [3.05, 3.63) is 39.6 Å². The van der Waals surface area contributed by atoms with Crippen LogP contribution in [-0.2, 0) is 13.0 Å². The van der Waals surface area contributed by atoms with Crippen molar-refractivity contribution in [2.75, 3.05) is 0 Å². The first-order valence-electron chi connectivity index (χ1n) is 5.94. The molecule has 2 N–H and O–H groups in total. The average Bonchev–Trinajstić information content (AvgIpc) is 2.86. The number of imidazole rings is 1. The van der Waals surface area contributed by atoms with Crippen LogP contribution in [0.25, 0.3) is 0 Å². The molecule has 0 bridgehead atoms. The predicted molar refractivity (Wildman–Crippen MR) is 72.3 cm³/mol. The van der Waals surface area contributed by atoms with Crippen molar-refractivity contribution < 1.29 is 0 Å². The van der Waals surface area contributed by atoms with Crippen LogP contribution in [0.5, 0.6) is 0 Å². The number of hydrogen-bond donors (Lipinski definition) is 1. The van der Waals surface area contributed by atoms with Gasteiger partial charge in [0.25, 0.3) is 0 Å². The van der Waals surface area contributed by atoms with Crippen LogP contribution in [0.1, 0.15) is 34.1 Å². The lowest BCUT2D eigenvalue weighted by atomic mass is 10.1. The van der Waals surface area contributed by atoms with Gasteiger partial charge in [-0.15, -0.1) is 11.3 Å². The van der Waals surface area contributed by atoms with E-state index in [0.717, 1.165) is 18.8 Å². The lowest BCUT2D eigenvalue weighted by Crippen LogP contribution is -2.15. The molecule has 0 fully saturated rings. The number of aryl methyl sites for hydroxylation is 3. The maximum absolute atomic E-state index is 6.25. The molecule has 2 aromatic rings. The molecule has 2 aromatic heterocycles. The van der Waals surface area contributed by atoms with Crippen molar-refractivity contribution in [3.63, 3.8) is 0 Å². The zero-order valence-electron chi connectivity index (χ0n) is 10.6. The van der Waals surface area contributed by atoms with E-state index in [2.05, 4.69) is 36.4 Å². The third kappa shape index (κ3) is 2.58. The zero-order valence-corrected chi connectivity index (χ0v) is 11.4. The highest BCUT2D eigenvalue weighted by Crippen LogP contribution is 2.26. The molecule has 0 saturated heterocycles. The minimum Gasteiger partial charge on any atom is -0.335 e. The Morgan fingerprint density at radius 2 is 2.24 bits per heavy atom. The lowest BCUT2D eigenvalue weighted by Gasteiger charge is -2.10. The van der Waals surface area contributed by atoms with Gasteiger partial charge in [-0.05, 0) is 32.4 Å². The van der Waals surface area contributed by atoms with E-state index in [1.54, 1.807) is 11.3 Å². The van der Waals surface area contributed by atoms with Gasteiger partial charge >= 0.3 is 0 Å². The Labute approximate surface area is 106 Å². The van der Waals surface area contributed by atoms with E-state index in [0.29, 0.717) is 0 Å². The second-order valence-electron chi connectivity index (χ2n) is 4.33. The minimum atomic E-state index is 0.0556. The van der Waals surface area contributed by atoms with Crippen molar-refractivity contribution in [2.45, 2.75) is 39.8 Å². The highest BCUT2D eigenvalue weighted by molar-refractivity contribution is 7.12. The van der Waals surface area contributed by atoms with E-state index < -0.39 is 0 Å². The molecule has 0 aliphatic rings. The first-order chi connectivity index (χ1) is 8.11. The molecule has 0 saturated carbocycles. The summed E-state index contributed by atoms with van der Waals surface area (Å²) < 4.78 is 2.15. The third-order valence-electron chi connectivity index (χ3n) is 3.10. The van der Waals surface area contributed by atoms with Gasteiger partial charge in [-0.3, -0.25) is 0 Å². The van der Waals surface area contributed by atoms with E-state index in [1.165, 1.54) is 15.3 Å². The normalized spacial score (nSPS) is 12.9. The van der Waals surface area contributed by atoms with E-state index >= 15 is 0 Å². The molecule has 92 valence electrons. The highest BCUT2D eigenvalue weighted by atomic mass is 32.1. The summed E-state index contributed by atoms with van der Waals surface area (Å²) in [5, 5.41) is 0. The average molecular weight is 249 g/mol. The Balaban J connectivity index is 2.14. The van der Waals surface area contributed by atoms with Crippen molar-refractivity contribution in [1.82, 2.24) is 9.55 Å². The van der Waals surface area contributed by atoms with Gasteiger partial charge in [-0.25, -0.2) is 4.98 Å². The molecule has 1 unspecified atom stereocenters. The summed E-state index contributed by atoms with van der Waals surface area (Å²) in [6, 6.07) is 2.25. The van der Waals surface area contributed by atoms with E-state index in [-0.39, 0.29) is 6.04 Å². The number of rotatable bonds is 4. The summed E-state index contributed by atoms with van der Waals surface area (Å²) in [7, 11) is 0. The third-order valence-corrected chi connectivity index (χ3v) is 4.38. The smallest absolute Gasteiger partial charge is 0.110 e. The number of nitrogens with two attached hydrogens (primary N) is 1. The maximum Gasteiger partial charge on any atom is 0.110 e. The molecular formula is C13H19N3S.